The summed E-state index contributed by atoms with van der Waals surface area (Å²) in [5.41, 5.74) is -4.80. The number of rotatable bonds is 1. The van der Waals surface area contributed by atoms with Crippen LogP contribution >= 0.6 is 23.5 Å². The van der Waals surface area contributed by atoms with Gasteiger partial charge in [-0.25, -0.2) is 0 Å². The Balaban J connectivity index is 1.54. The SMILES string of the molecule is CC1(C)N([O])C(c2ccc3c(c2)S[C@]2(C)C3=C3C(=C4c5ccccc5S[C@]42C)C(F)(F)C(F)(F)C3(F)F)=[N+]([O-])C1(C)C. The summed E-state index contributed by atoms with van der Waals surface area (Å²) in [6.45, 7) is 9.79. The molecular formula is C30H25F6N2O2S2. The molecular weight excluding hydrogens is 598 g/mol. The van der Waals surface area contributed by atoms with Crippen molar-refractivity contribution in [3.8, 4) is 0 Å². The molecule has 2 aromatic rings. The maximum absolute atomic E-state index is 15.8. The highest BCUT2D eigenvalue weighted by Gasteiger charge is 2.85. The molecule has 0 unspecified atom stereocenters. The summed E-state index contributed by atoms with van der Waals surface area (Å²) in [6.07, 6.45) is 0. The average molecular weight is 624 g/mol. The van der Waals surface area contributed by atoms with Gasteiger partial charge in [0.15, 0.2) is 5.54 Å². The first-order valence-electron chi connectivity index (χ1n) is 13.3. The van der Waals surface area contributed by atoms with Gasteiger partial charge < -0.3 is 5.21 Å². The predicted molar refractivity (Wildman–Crippen MR) is 149 cm³/mol. The molecule has 3 aliphatic heterocycles. The van der Waals surface area contributed by atoms with Crippen LogP contribution in [0.1, 0.15) is 58.2 Å². The van der Waals surface area contributed by atoms with Gasteiger partial charge in [-0.2, -0.15) is 26.3 Å². The van der Waals surface area contributed by atoms with E-state index in [0.717, 1.165) is 11.8 Å². The minimum absolute atomic E-state index is 0.107. The smallest absolute Gasteiger partial charge is 0.380 e. The second-order valence-electron chi connectivity index (χ2n) is 12.7. The lowest BCUT2D eigenvalue weighted by atomic mass is 9.68. The molecule has 0 saturated heterocycles. The van der Waals surface area contributed by atoms with Crippen molar-refractivity contribution in [3.05, 3.63) is 75.5 Å². The number of allylic oxidation sites excluding steroid dienone is 2. The highest BCUT2D eigenvalue weighted by atomic mass is 32.2. The van der Waals surface area contributed by atoms with E-state index in [4.69, 9.17) is 0 Å². The van der Waals surface area contributed by atoms with Crippen LogP contribution in [-0.4, -0.2) is 54.0 Å². The van der Waals surface area contributed by atoms with Crippen LogP contribution < -0.4 is 0 Å². The molecule has 2 atom stereocenters. The summed E-state index contributed by atoms with van der Waals surface area (Å²) in [5.74, 6) is -16.1. The molecule has 221 valence electrons. The second kappa shape index (κ2) is 7.55. The lowest BCUT2D eigenvalue weighted by molar-refractivity contribution is -0.539. The van der Waals surface area contributed by atoms with E-state index >= 15 is 26.3 Å². The number of nitrogens with zero attached hydrogens (tertiary/aromatic N) is 2. The number of thioether (sulfide) groups is 2. The van der Waals surface area contributed by atoms with Crippen molar-refractivity contribution in [2.75, 3.05) is 0 Å². The lowest BCUT2D eigenvalue weighted by Crippen LogP contribution is -2.53. The number of amidine groups is 1. The molecule has 7 rings (SSSR count). The van der Waals surface area contributed by atoms with Gasteiger partial charge in [-0.05, 0) is 82.0 Å². The van der Waals surface area contributed by atoms with E-state index in [1.807, 2.05) is 0 Å². The fraction of sp³-hybridized carbons (Fsp3) is 0.433. The number of hydroxylamine groups is 3. The van der Waals surface area contributed by atoms with Gasteiger partial charge in [-0.1, -0.05) is 29.3 Å². The minimum Gasteiger partial charge on any atom is -0.714 e. The molecule has 2 aromatic carbocycles. The molecule has 0 N–H and O–H groups in total. The van der Waals surface area contributed by atoms with Gasteiger partial charge in [0.05, 0.1) is 15.1 Å². The first-order valence-corrected chi connectivity index (χ1v) is 14.9. The summed E-state index contributed by atoms with van der Waals surface area (Å²) < 4.78 is 91.1. The van der Waals surface area contributed by atoms with Crippen molar-refractivity contribution in [1.29, 1.82) is 0 Å². The molecule has 0 spiro atoms. The Labute approximate surface area is 246 Å². The van der Waals surface area contributed by atoms with Crippen LogP contribution in [0.4, 0.5) is 26.3 Å². The number of alkyl halides is 6. The summed E-state index contributed by atoms with van der Waals surface area (Å²) >= 11 is 2.29. The van der Waals surface area contributed by atoms with Crippen LogP contribution in [0.25, 0.3) is 11.1 Å². The van der Waals surface area contributed by atoms with E-state index in [0.29, 0.717) is 19.6 Å². The largest absolute Gasteiger partial charge is 0.714 e. The molecule has 2 aliphatic carbocycles. The normalized spacial score (nSPS) is 32.2. The molecule has 42 heavy (non-hydrogen) atoms. The van der Waals surface area contributed by atoms with E-state index in [1.54, 1.807) is 59.7 Å². The molecule has 4 nitrogen and oxygen atoms in total. The molecule has 0 aromatic heterocycles. The number of benzene rings is 2. The van der Waals surface area contributed by atoms with Crippen LogP contribution in [0.3, 0.4) is 0 Å². The number of hydrogen-bond acceptors (Lipinski definition) is 4. The first kappa shape index (κ1) is 28.2. The highest BCUT2D eigenvalue weighted by molar-refractivity contribution is 8.06. The second-order valence-corrected chi connectivity index (χ2v) is 15.7. The number of fused-ring (bicyclic) bond motifs is 8. The zero-order valence-electron chi connectivity index (χ0n) is 23.3. The molecule has 1 saturated carbocycles. The molecule has 12 heteroatoms. The fourth-order valence-electron chi connectivity index (χ4n) is 6.92. The van der Waals surface area contributed by atoms with Gasteiger partial charge in [0.2, 0.25) is 0 Å². The van der Waals surface area contributed by atoms with E-state index < -0.39 is 49.5 Å². The topological polar surface area (TPSA) is 49.2 Å². The predicted octanol–water partition coefficient (Wildman–Crippen LogP) is 8.03. The van der Waals surface area contributed by atoms with Crippen molar-refractivity contribution in [1.82, 2.24) is 5.06 Å². The summed E-state index contributed by atoms with van der Waals surface area (Å²) in [5, 5.41) is 27.3. The van der Waals surface area contributed by atoms with Crippen molar-refractivity contribution in [2.24, 2.45) is 0 Å². The van der Waals surface area contributed by atoms with Crippen molar-refractivity contribution in [2.45, 2.75) is 89.7 Å². The maximum atomic E-state index is 15.8. The Kier molecular flexibility index (Phi) is 5.07. The molecule has 0 bridgehead atoms. The van der Waals surface area contributed by atoms with Crippen molar-refractivity contribution < 1.29 is 36.3 Å². The van der Waals surface area contributed by atoms with E-state index in [-0.39, 0.29) is 33.7 Å². The number of hydrogen-bond donors (Lipinski definition) is 0. The Morgan fingerprint density at radius 1 is 0.714 bits per heavy atom. The fourth-order valence-corrected chi connectivity index (χ4v) is 10.2. The molecule has 0 amide bonds. The molecule has 1 fully saturated rings. The molecule has 5 aliphatic rings. The Hall–Kier alpha value is -2.57. The van der Waals surface area contributed by atoms with Crippen LogP contribution in [0, 0.1) is 5.21 Å². The highest BCUT2D eigenvalue weighted by Crippen LogP contribution is 2.78. The lowest BCUT2D eigenvalue weighted by Gasteiger charge is -2.47. The zero-order chi connectivity index (χ0) is 30.8. The first-order chi connectivity index (χ1) is 19.2. The van der Waals surface area contributed by atoms with Crippen LogP contribution in [0.15, 0.2) is 63.4 Å². The third-order valence-corrected chi connectivity index (χ3v) is 13.5. The van der Waals surface area contributed by atoms with Crippen molar-refractivity contribution >= 4 is 40.5 Å². The quantitative estimate of drug-likeness (QED) is 0.183. The Bertz CT molecular complexity index is 1750. The van der Waals surface area contributed by atoms with Gasteiger partial charge in [-0.3, -0.25) is 4.74 Å². The van der Waals surface area contributed by atoms with Crippen LogP contribution in [-0.2, 0) is 5.21 Å². The van der Waals surface area contributed by atoms with E-state index in [9.17, 15) is 10.4 Å². The summed E-state index contributed by atoms with van der Waals surface area (Å²) in [4.78, 5) is 0.868. The molecule has 1 radical (unpaired) electrons. The van der Waals surface area contributed by atoms with Gasteiger partial charge in [0.25, 0.3) is 0 Å². The van der Waals surface area contributed by atoms with E-state index in [2.05, 4.69) is 0 Å². The minimum atomic E-state index is -5.66. The summed E-state index contributed by atoms with van der Waals surface area (Å²) in [6, 6.07) is 10.7. The zero-order valence-corrected chi connectivity index (χ0v) is 25.0. The Morgan fingerprint density at radius 2 is 1.21 bits per heavy atom. The standard InChI is InChI=1S/C30H25F6N2O2S2/c1-24(2)25(3,4)38(40)23(37(24)39)14-11-12-16-18(13-14)42-27(6)20(16)22-21(28(31,32)30(35,36)29(22,33)34)19-15-9-7-8-10-17(15)41-26(19,27)5/h7-13H,1-6H3/t26-,27-/m1/s1. The van der Waals surface area contributed by atoms with E-state index in [1.165, 1.54) is 36.0 Å². The van der Waals surface area contributed by atoms with Gasteiger partial charge in [0.1, 0.15) is 5.54 Å². The average Bonchev–Trinajstić information content (AvgIpc) is 3.44. The maximum Gasteiger partial charge on any atom is 0.380 e. The van der Waals surface area contributed by atoms with Gasteiger partial charge >= 0.3 is 23.6 Å². The van der Waals surface area contributed by atoms with Gasteiger partial charge in [-0.15, -0.1) is 23.5 Å². The van der Waals surface area contributed by atoms with Crippen LogP contribution in [0.5, 0.6) is 0 Å². The van der Waals surface area contributed by atoms with Gasteiger partial charge in [0, 0.05) is 26.1 Å². The Morgan fingerprint density at radius 3 is 1.74 bits per heavy atom. The third-order valence-electron chi connectivity index (χ3n) is 10.2. The monoisotopic (exact) mass is 623 g/mol. The molecule has 3 heterocycles. The third kappa shape index (κ3) is 2.71. The summed E-state index contributed by atoms with van der Waals surface area (Å²) in [7, 11) is 0. The van der Waals surface area contributed by atoms with Crippen LogP contribution in [0.2, 0.25) is 0 Å². The van der Waals surface area contributed by atoms with Crippen molar-refractivity contribution in [3.63, 3.8) is 0 Å². The number of halogens is 6.